The number of hydrogen-bond acceptors (Lipinski definition) is 5. The fourth-order valence-corrected chi connectivity index (χ4v) is 1.58. The maximum absolute atomic E-state index is 5.47. The maximum Gasteiger partial charge on any atom is 0.144 e. The number of aromatic nitrogens is 2. The first-order chi connectivity index (χ1) is 7.65. The molecule has 1 heterocycles. The molecule has 90 valence electrons. The third-order valence-electron chi connectivity index (χ3n) is 2.49. The predicted molar refractivity (Wildman–Crippen MR) is 67.3 cm³/mol. The fraction of sp³-hybridized carbons (Fsp3) is 0.636. The summed E-state index contributed by atoms with van der Waals surface area (Å²) in [6, 6.07) is 0.345. The maximum atomic E-state index is 5.47. The molecule has 0 aliphatic carbocycles. The van der Waals surface area contributed by atoms with Crippen LogP contribution in [0.2, 0.25) is 0 Å². The minimum absolute atomic E-state index is 0.345. The van der Waals surface area contributed by atoms with Gasteiger partial charge < -0.3 is 16.0 Å². The molecule has 0 aliphatic heterocycles. The third kappa shape index (κ3) is 4.02. The first-order valence-electron chi connectivity index (χ1n) is 5.72. The molecule has 16 heavy (non-hydrogen) atoms. The molecule has 1 aromatic heterocycles. The molecular weight excluding hydrogens is 202 g/mol. The van der Waals surface area contributed by atoms with Gasteiger partial charge in [0.1, 0.15) is 11.6 Å². The smallest absolute Gasteiger partial charge is 0.144 e. The van der Waals surface area contributed by atoms with Crippen molar-refractivity contribution in [2.24, 2.45) is 0 Å². The summed E-state index contributed by atoms with van der Waals surface area (Å²) in [7, 11) is 0. The lowest BCUT2D eigenvalue weighted by Crippen LogP contribution is -2.34. The summed E-state index contributed by atoms with van der Waals surface area (Å²) < 4.78 is 0. The Morgan fingerprint density at radius 2 is 2.00 bits per heavy atom. The number of anilines is 2. The summed E-state index contributed by atoms with van der Waals surface area (Å²) in [5, 5.41) is 3.30. The molecule has 0 radical (unpaired) electrons. The molecule has 1 aromatic rings. The van der Waals surface area contributed by atoms with Crippen molar-refractivity contribution in [3.05, 3.63) is 12.4 Å². The zero-order chi connectivity index (χ0) is 12.0. The molecule has 5 heteroatoms. The van der Waals surface area contributed by atoms with Crippen LogP contribution >= 0.6 is 0 Å². The SMILES string of the molecule is CCN(CC)CC(C)Nc1cnc(N)cn1. The molecule has 0 bridgehead atoms. The standard InChI is InChI=1S/C11H21N5/c1-4-16(5-2)8-9(3)15-11-7-13-10(12)6-14-11/h6-7,9H,4-5,8H2,1-3H3,(H2,12,13)(H,14,15). The van der Waals surface area contributed by atoms with Crippen molar-refractivity contribution >= 4 is 11.6 Å². The highest BCUT2D eigenvalue weighted by molar-refractivity contribution is 5.36. The zero-order valence-electron chi connectivity index (χ0n) is 10.3. The zero-order valence-corrected chi connectivity index (χ0v) is 10.3. The molecule has 3 N–H and O–H groups in total. The van der Waals surface area contributed by atoms with E-state index in [0.717, 1.165) is 25.5 Å². The van der Waals surface area contributed by atoms with Gasteiger partial charge >= 0.3 is 0 Å². The summed E-state index contributed by atoms with van der Waals surface area (Å²) in [6.45, 7) is 9.60. The molecule has 0 aliphatic rings. The van der Waals surface area contributed by atoms with Gasteiger partial charge in [-0.2, -0.15) is 0 Å². The summed E-state index contributed by atoms with van der Waals surface area (Å²) in [5.41, 5.74) is 5.47. The van der Waals surface area contributed by atoms with Crippen LogP contribution in [-0.4, -0.2) is 40.5 Å². The third-order valence-corrected chi connectivity index (χ3v) is 2.49. The van der Waals surface area contributed by atoms with Gasteiger partial charge in [-0.15, -0.1) is 0 Å². The second kappa shape index (κ2) is 6.27. The number of nitrogens with zero attached hydrogens (tertiary/aromatic N) is 3. The molecule has 0 aromatic carbocycles. The Morgan fingerprint density at radius 1 is 1.31 bits per heavy atom. The molecular formula is C11H21N5. The average molecular weight is 223 g/mol. The van der Waals surface area contributed by atoms with Crippen molar-refractivity contribution in [1.29, 1.82) is 0 Å². The van der Waals surface area contributed by atoms with E-state index in [-0.39, 0.29) is 0 Å². The highest BCUT2D eigenvalue weighted by Crippen LogP contribution is 2.04. The second-order valence-corrected chi connectivity index (χ2v) is 3.86. The Kier molecular flexibility index (Phi) is 4.98. The molecule has 1 unspecified atom stereocenters. The number of nitrogen functional groups attached to an aromatic ring is 1. The minimum atomic E-state index is 0.345. The van der Waals surface area contributed by atoms with E-state index in [1.807, 2.05) is 0 Å². The molecule has 0 saturated heterocycles. The van der Waals surface area contributed by atoms with Crippen molar-refractivity contribution in [2.75, 3.05) is 30.7 Å². The van der Waals surface area contributed by atoms with Gasteiger partial charge in [-0.25, -0.2) is 9.97 Å². The first-order valence-corrected chi connectivity index (χ1v) is 5.72. The topological polar surface area (TPSA) is 67.1 Å². The fourth-order valence-electron chi connectivity index (χ4n) is 1.58. The minimum Gasteiger partial charge on any atom is -0.382 e. The lowest BCUT2D eigenvalue weighted by atomic mass is 10.3. The Bertz CT molecular complexity index is 294. The molecule has 0 spiro atoms. The van der Waals surface area contributed by atoms with Crippen molar-refractivity contribution in [3.8, 4) is 0 Å². The van der Waals surface area contributed by atoms with E-state index >= 15 is 0 Å². The lowest BCUT2D eigenvalue weighted by Gasteiger charge is -2.23. The summed E-state index contributed by atoms with van der Waals surface area (Å²) >= 11 is 0. The first kappa shape index (κ1) is 12.7. The van der Waals surface area contributed by atoms with Gasteiger partial charge in [0.05, 0.1) is 12.4 Å². The van der Waals surface area contributed by atoms with Crippen LogP contribution < -0.4 is 11.1 Å². The number of nitrogens with two attached hydrogens (primary N) is 1. The van der Waals surface area contributed by atoms with E-state index in [1.54, 1.807) is 12.4 Å². The van der Waals surface area contributed by atoms with Crippen LogP contribution in [0.25, 0.3) is 0 Å². The van der Waals surface area contributed by atoms with E-state index in [0.29, 0.717) is 11.9 Å². The van der Waals surface area contributed by atoms with Crippen molar-refractivity contribution in [2.45, 2.75) is 26.8 Å². The Morgan fingerprint density at radius 3 is 2.50 bits per heavy atom. The van der Waals surface area contributed by atoms with Gasteiger partial charge in [-0.3, -0.25) is 0 Å². The normalized spacial score (nSPS) is 12.8. The molecule has 5 nitrogen and oxygen atoms in total. The summed E-state index contributed by atoms with van der Waals surface area (Å²) in [6.07, 6.45) is 3.22. The predicted octanol–water partition coefficient (Wildman–Crippen LogP) is 1.20. The summed E-state index contributed by atoms with van der Waals surface area (Å²) in [4.78, 5) is 10.5. The Hall–Kier alpha value is -1.36. The van der Waals surface area contributed by atoms with Gasteiger partial charge in [-0.05, 0) is 20.0 Å². The van der Waals surface area contributed by atoms with Crippen LogP contribution in [0.4, 0.5) is 11.6 Å². The molecule has 0 fully saturated rings. The lowest BCUT2D eigenvalue weighted by molar-refractivity contribution is 0.294. The highest BCUT2D eigenvalue weighted by atomic mass is 15.2. The van der Waals surface area contributed by atoms with Crippen molar-refractivity contribution in [1.82, 2.24) is 14.9 Å². The van der Waals surface area contributed by atoms with Gasteiger partial charge in [0, 0.05) is 12.6 Å². The van der Waals surface area contributed by atoms with Crippen LogP contribution in [0.15, 0.2) is 12.4 Å². The monoisotopic (exact) mass is 223 g/mol. The molecule has 0 amide bonds. The quantitative estimate of drug-likeness (QED) is 0.758. The van der Waals surface area contributed by atoms with Crippen molar-refractivity contribution in [3.63, 3.8) is 0 Å². The largest absolute Gasteiger partial charge is 0.382 e. The van der Waals surface area contributed by atoms with Crippen LogP contribution in [0.1, 0.15) is 20.8 Å². The average Bonchev–Trinajstić information content (AvgIpc) is 2.29. The van der Waals surface area contributed by atoms with Gasteiger partial charge in [0.15, 0.2) is 0 Å². The second-order valence-electron chi connectivity index (χ2n) is 3.86. The Balaban J connectivity index is 2.44. The van der Waals surface area contributed by atoms with E-state index in [4.69, 9.17) is 5.73 Å². The van der Waals surface area contributed by atoms with Crippen LogP contribution in [-0.2, 0) is 0 Å². The number of likely N-dealkylation sites (N-methyl/N-ethyl adjacent to an activating group) is 1. The number of nitrogens with one attached hydrogen (secondary N) is 1. The summed E-state index contributed by atoms with van der Waals surface area (Å²) in [5.74, 6) is 1.22. The molecule has 1 atom stereocenters. The van der Waals surface area contributed by atoms with Gasteiger partial charge in [0.25, 0.3) is 0 Å². The van der Waals surface area contributed by atoms with Crippen LogP contribution in [0, 0.1) is 0 Å². The van der Waals surface area contributed by atoms with Crippen LogP contribution in [0.5, 0.6) is 0 Å². The number of hydrogen-bond donors (Lipinski definition) is 2. The highest BCUT2D eigenvalue weighted by Gasteiger charge is 2.07. The number of rotatable bonds is 6. The van der Waals surface area contributed by atoms with E-state index in [2.05, 4.69) is 41.0 Å². The molecule has 0 saturated carbocycles. The van der Waals surface area contributed by atoms with Crippen molar-refractivity contribution < 1.29 is 0 Å². The van der Waals surface area contributed by atoms with E-state index in [1.165, 1.54) is 0 Å². The van der Waals surface area contributed by atoms with E-state index < -0.39 is 0 Å². The van der Waals surface area contributed by atoms with Crippen LogP contribution in [0.3, 0.4) is 0 Å². The molecule has 1 rings (SSSR count). The van der Waals surface area contributed by atoms with Gasteiger partial charge in [-0.1, -0.05) is 13.8 Å². The Labute approximate surface area is 97.1 Å². The van der Waals surface area contributed by atoms with E-state index in [9.17, 15) is 0 Å². The van der Waals surface area contributed by atoms with Gasteiger partial charge in [0.2, 0.25) is 0 Å².